The van der Waals surface area contributed by atoms with Crippen LogP contribution in [0.2, 0.25) is 0 Å². The first-order chi connectivity index (χ1) is 29.1. The molecule has 0 N–H and O–H groups in total. The third-order valence-corrected chi connectivity index (χ3v) is 11.4. The average Bonchev–Trinajstić information content (AvgIpc) is 3.31. The fraction of sp³-hybridized carbons (Fsp3) is 0.0690. The fourth-order valence-corrected chi connectivity index (χ4v) is 8.36. The molecule has 8 aromatic rings. The minimum Gasteiger partial charge on any atom is -0.310 e. The van der Waals surface area contributed by atoms with Gasteiger partial charge in [0.25, 0.3) is 0 Å². The molecule has 9 rings (SSSR count). The Balaban J connectivity index is 1.10. The number of hydrogen-bond acceptors (Lipinski definition) is 1. The Morgan fingerprint density at radius 1 is 0.492 bits per heavy atom. The normalized spacial score (nSPS) is 12.8. The number of para-hydroxylation sites is 1. The van der Waals surface area contributed by atoms with Crippen molar-refractivity contribution in [1.82, 2.24) is 0 Å². The van der Waals surface area contributed by atoms with Crippen molar-refractivity contribution >= 4 is 39.0 Å². The molecule has 0 amide bonds. The zero-order chi connectivity index (χ0) is 40.0. The maximum atomic E-state index is 2.39. The minimum atomic E-state index is 1.07. The SMILES string of the molecule is C/C=C\C=C(/C)c1ccc(-c2ccc(N(c3ccc(-c4cccc(-c5cccc6ccccc56)c4)cc3)c3ccccc3-c3ccccc3)cc2)cc1C1=CCCC=C1. The quantitative estimate of drug-likeness (QED) is 0.126. The average molecular weight is 758 g/mol. The molecule has 0 heterocycles. The van der Waals surface area contributed by atoms with Crippen LogP contribution in [0, 0.1) is 0 Å². The third kappa shape index (κ3) is 7.89. The topological polar surface area (TPSA) is 3.24 Å². The smallest absolute Gasteiger partial charge is 0.0540 e. The second kappa shape index (κ2) is 17.1. The van der Waals surface area contributed by atoms with Gasteiger partial charge in [-0.3, -0.25) is 0 Å². The minimum absolute atomic E-state index is 1.07. The van der Waals surface area contributed by atoms with Gasteiger partial charge >= 0.3 is 0 Å². The Labute approximate surface area is 349 Å². The summed E-state index contributed by atoms with van der Waals surface area (Å²) in [7, 11) is 0. The Bertz CT molecular complexity index is 2860. The summed E-state index contributed by atoms with van der Waals surface area (Å²) in [4.78, 5) is 2.39. The molecule has 1 aliphatic carbocycles. The van der Waals surface area contributed by atoms with Gasteiger partial charge in [0.2, 0.25) is 0 Å². The Kier molecular flexibility index (Phi) is 10.8. The summed E-state index contributed by atoms with van der Waals surface area (Å²) in [5.41, 5.74) is 18.0. The van der Waals surface area contributed by atoms with Crippen molar-refractivity contribution in [3.8, 4) is 44.5 Å². The summed E-state index contributed by atoms with van der Waals surface area (Å²) < 4.78 is 0. The lowest BCUT2D eigenvalue weighted by Crippen LogP contribution is -2.11. The second-order valence-corrected chi connectivity index (χ2v) is 15.2. The third-order valence-electron chi connectivity index (χ3n) is 11.4. The Hall–Kier alpha value is -7.22. The van der Waals surface area contributed by atoms with Gasteiger partial charge in [0.15, 0.2) is 0 Å². The van der Waals surface area contributed by atoms with Gasteiger partial charge in [-0.05, 0) is 141 Å². The van der Waals surface area contributed by atoms with Crippen LogP contribution >= 0.6 is 0 Å². The first kappa shape index (κ1) is 37.4. The zero-order valence-electron chi connectivity index (χ0n) is 33.7. The van der Waals surface area contributed by atoms with Gasteiger partial charge in [0.05, 0.1) is 5.69 Å². The van der Waals surface area contributed by atoms with Gasteiger partial charge in [0, 0.05) is 16.9 Å². The Morgan fingerprint density at radius 3 is 1.85 bits per heavy atom. The molecule has 1 aliphatic rings. The molecule has 0 radical (unpaired) electrons. The number of anilines is 3. The molecule has 0 fully saturated rings. The van der Waals surface area contributed by atoms with Crippen LogP contribution in [0.4, 0.5) is 17.1 Å². The van der Waals surface area contributed by atoms with Crippen LogP contribution in [0.15, 0.2) is 225 Å². The van der Waals surface area contributed by atoms with Gasteiger partial charge in [-0.1, -0.05) is 182 Å². The molecule has 0 atom stereocenters. The van der Waals surface area contributed by atoms with E-state index in [1.165, 1.54) is 77.6 Å². The largest absolute Gasteiger partial charge is 0.310 e. The van der Waals surface area contributed by atoms with E-state index in [2.05, 4.69) is 243 Å². The predicted molar refractivity (Wildman–Crippen MR) is 255 cm³/mol. The summed E-state index contributed by atoms with van der Waals surface area (Å²) in [5, 5.41) is 2.52. The van der Waals surface area contributed by atoms with E-state index in [1.807, 2.05) is 0 Å². The fourth-order valence-electron chi connectivity index (χ4n) is 8.36. The van der Waals surface area contributed by atoms with E-state index < -0.39 is 0 Å². The lowest BCUT2D eigenvalue weighted by Gasteiger charge is -2.28. The summed E-state index contributed by atoms with van der Waals surface area (Å²) in [6.07, 6.45) is 15.5. The van der Waals surface area contributed by atoms with Gasteiger partial charge in [-0.25, -0.2) is 0 Å². The van der Waals surface area contributed by atoms with Crippen LogP contribution in [0.1, 0.15) is 37.8 Å². The summed E-state index contributed by atoms with van der Waals surface area (Å²) in [6.45, 7) is 4.27. The number of fused-ring (bicyclic) bond motifs is 1. The van der Waals surface area contributed by atoms with Crippen molar-refractivity contribution in [2.75, 3.05) is 4.90 Å². The van der Waals surface area contributed by atoms with Crippen molar-refractivity contribution < 1.29 is 0 Å². The molecular formula is C58H47N. The number of allylic oxidation sites excluding steroid dienone is 8. The van der Waals surface area contributed by atoms with Crippen molar-refractivity contribution in [2.45, 2.75) is 26.7 Å². The van der Waals surface area contributed by atoms with E-state index in [4.69, 9.17) is 0 Å². The van der Waals surface area contributed by atoms with Crippen LogP contribution in [-0.2, 0) is 0 Å². The standard InChI is InChI=1S/C58H47N/c1-3-4-17-42(2)53-39-34-49(41-57(53)47-20-9-6-10-21-47)44-32-37-52(38-33-44)59(58-29-14-13-27-56(58)46-18-7-5-8-19-46)51-35-30-43(31-36-51)48-24-15-25-50(40-48)55-28-16-23-45-22-11-12-26-54(45)55/h3-5,7-9,11-41H,6,10H2,1-2H3/b4-3-,42-17+. The van der Waals surface area contributed by atoms with Crippen molar-refractivity contribution in [2.24, 2.45) is 0 Å². The van der Waals surface area contributed by atoms with Crippen LogP contribution < -0.4 is 4.90 Å². The van der Waals surface area contributed by atoms with Crippen LogP contribution in [0.5, 0.6) is 0 Å². The molecular weight excluding hydrogens is 711 g/mol. The zero-order valence-corrected chi connectivity index (χ0v) is 33.7. The number of rotatable bonds is 10. The highest BCUT2D eigenvalue weighted by Crippen LogP contribution is 2.42. The van der Waals surface area contributed by atoms with Crippen molar-refractivity contribution in [1.29, 1.82) is 0 Å². The lowest BCUT2D eigenvalue weighted by atomic mass is 9.89. The predicted octanol–water partition coefficient (Wildman–Crippen LogP) is 16.7. The molecule has 0 saturated heterocycles. The molecule has 0 bridgehead atoms. The molecule has 1 nitrogen and oxygen atoms in total. The molecule has 0 spiro atoms. The van der Waals surface area contributed by atoms with E-state index in [0.29, 0.717) is 0 Å². The number of hydrogen-bond donors (Lipinski definition) is 0. The second-order valence-electron chi connectivity index (χ2n) is 15.2. The van der Waals surface area contributed by atoms with Gasteiger partial charge in [-0.15, -0.1) is 0 Å². The van der Waals surface area contributed by atoms with Crippen molar-refractivity contribution in [3.63, 3.8) is 0 Å². The molecule has 0 unspecified atom stereocenters. The molecule has 1 heteroatoms. The lowest BCUT2D eigenvalue weighted by molar-refractivity contribution is 1.04. The summed E-state index contributed by atoms with van der Waals surface area (Å²) in [5.74, 6) is 0. The molecule has 0 aliphatic heterocycles. The van der Waals surface area contributed by atoms with E-state index in [-0.39, 0.29) is 0 Å². The van der Waals surface area contributed by atoms with Crippen LogP contribution in [0.3, 0.4) is 0 Å². The molecule has 59 heavy (non-hydrogen) atoms. The molecule has 0 saturated carbocycles. The maximum Gasteiger partial charge on any atom is 0.0540 e. The van der Waals surface area contributed by atoms with Gasteiger partial charge in [-0.2, -0.15) is 0 Å². The van der Waals surface area contributed by atoms with Crippen LogP contribution in [-0.4, -0.2) is 0 Å². The van der Waals surface area contributed by atoms with E-state index in [1.54, 1.807) is 0 Å². The van der Waals surface area contributed by atoms with E-state index in [0.717, 1.165) is 29.9 Å². The number of benzene rings is 8. The van der Waals surface area contributed by atoms with Crippen LogP contribution in [0.25, 0.3) is 66.4 Å². The monoisotopic (exact) mass is 757 g/mol. The highest BCUT2D eigenvalue weighted by molar-refractivity contribution is 5.97. The summed E-state index contributed by atoms with van der Waals surface area (Å²) in [6, 6.07) is 68.6. The van der Waals surface area contributed by atoms with Gasteiger partial charge in [0.1, 0.15) is 0 Å². The summed E-state index contributed by atoms with van der Waals surface area (Å²) >= 11 is 0. The van der Waals surface area contributed by atoms with E-state index in [9.17, 15) is 0 Å². The van der Waals surface area contributed by atoms with Crippen molar-refractivity contribution in [3.05, 3.63) is 236 Å². The first-order valence-electron chi connectivity index (χ1n) is 20.7. The molecule has 284 valence electrons. The highest BCUT2D eigenvalue weighted by Gasteiger charge is 2.18. The number of nitrogens with zero attached hydrogens (tertiary/aromatic N) is 1. The van der Waals surface area contributed by atoms with E-state index >= 15 is 0 Å². The molecule has 0 aromatic heterocycles. The maximum absolute atomic E-state index is 2.39. The Morgan fingerprint density at radius 2 is 1.10 bits per heavy atom. The van der Waals surface area contributed by atoms with Gasteiger partial charge < -0.3 is 4.90 Å². The highest BCUT2D eigenvalue weighted by atomic mass is 15.1. The first-order valence-corrected chi connectivity index (χ1v) is 20.7. The molecule has 8 aromatic carbocycles.